The first kappa shape index (κ1) is 19.4. The zero-order valence-electron chi connectivity index (χ0n) is 16.9. The lowest BCUT2D eigenvalue weighted by atomic mass is 10.0. The lowest BCUT2D eigenvalue weighted by molar-refractivity contribution is -0.115. The number of nitrogens with one attached hydrogen (secondary N) is 1. The summed E-state index contributed by atoms with van der Waals surface area (Å²) >= 11 is 3.43. The Hall–Kier alpha value is -2.54. The second kappa shape index (κ2) is 8.30. The second-order valence-corrected chi connectivity index (χ2v) is 9.66. The maximum absolute atomic E-state index is 12.8. The predicted octanol–water partition coefficient (Wildman–Crippen LogP) is 5.58. The smallest absolute Gasteiger partial charge is 0.229 e. The Bertz CT molecular complexity index is 1160. The Labute approximate surface area is 184 Å². The number of likely N-dealkylation sites (N-methyl/N-ethyl adjacent to an activating group) is 1. The van der Waals surface area contributed by atoms with Gasteiger partial charge in [0.1, 0.15) is 10.0 Å². The summed E-state index contributed by atoms with van der Waals surface area (Å²) in [6.07, 6.45) is 1.38. The van der Waals surface area contributed by atoms with E-state index in [1.807, 2.05) is 36.4 Å². The number of aromatic nitrogens is 1. The van der Waals surface area contributed by atoms with Gasteiger partial charge >= 0.3 is 0 Å². The number of para-hydroxylation sites is 1. The normalized spacial score (nSPS) is 14.0. The first-order valence-electron chi connectivity index (χ1n) is 10.3. The van der Waals surface area contributed by atoms with Crippen LogP contribution in [0.2, 0.25) is 0 Å². The van der Waals surface area contributed by atoms with Crippen molar-refractivity contribution in [1.82, 2.24) is 9.88 Å². The monoisotopic (exact) mass is 433 g/mol. The maximum atomic E-state index is 12.8. The van der Waals surface area contributed by atoms with E-state index >= 15 is 0 Å². The third kappa shape index (κ3) is 3.78. The van der Waals surface area contributed by atoms with Gasteiger partial charge in [0.2, 0.25) is 5.91 Å². The molecule has 2 aromatic carbocycles. The average molecular weight is 434 g/mol. The summed E-state index contributed by atoms with van der Waals surface area (Å²) in [7, 11) is 0. The topological polar surface area (TPSA) is 45.2 Å². The molecular formula is C24H23N3OS2. The minimum atomic E-state index is 0.0227. The van der Waals surface area contributed by atoms with Gasteiger partial charge in [-0.15, -0.1) is 22.7 Å². The highest BCUT2D eigenvalue weighted by Crippen LogP contribution is 2.45. The van der Waals surface area contributed by atoms with Gasteiger partial charge in [-0.05, 0) is 36.2 Å². The Balaban J connectivity index is 1.52. The summed E-state index contributed by atoms with van der Waals surface area (Å²) < 4.78 is 1.18. The van der Waals surface area contributed by atoms with Crippen LogP contribution in [0, 0.1) is 0 Å². The molecule has 1 N–H and O–H groups in total. The van der Waals surface area contributed by atoms with Gasteiger partial charge in [0.15, 0.2) is 0 Å². The molecule has 30 heavy (non-hydrogen) atoms. The highest BCUT2D eigenvalue weighted by Gasteiger charge is 2.27. The van der Waals surface area contributed by atoms with Crippen LogP contribution >= 0.6 is 22.7 Å². The third-order valence-electron chi connectivity index (χ3n) is 5.55. The van der Waals surface area contributed by atoms with Gasteiger partial charge in [-0.25, -0.2) is 4.98 Å². The van der Waals surface area contributed by atoms with Crippen LogP contribution in [0.25, 0.3) is 20.8 Å². The van der Waals surface area contributed by atoms with E-state index in [2.05, 4.69) is 35.3 Å². The van der Waals surface area contributed by atoms with Crippen molar-refractivity contribution < 1.29 is 4.79 Å². The van der Waals surface area contributed by atoms with Crippen LogP contribution in [-0.4, -0.2) is 28.9 Å². The summed E-state index contributed by atoms with van der Waals surface area (Å²) in [6, 6.07) is 18.1. The van der Waals surface area contributed by atoms with Crippen LogP contribution in [0.5, 0.6) is 0 Å². The fourth-order valence-corrected chi connectivity index (χ4v) is 6.39. The average Bonchev–Trinajstić information content (AvgIpc) is 3.34. The molecular weight excluding hydrogens is 410 g/mol. The van der Waals surface area contributed by atoms with Gasteiger partial charge in [-0.1, -0.05) is 49.4 Å². The minimum Gasteiger partial charge on any atom is -0.317 e. The van der Waals surface area contributed by atoms with E-state index in [1.165, 1.54) is 15.1 Å². The van der Waals surface area contributed by atoms with Gasteiger partial charge in [-0.2, -0.15) is 0 Å². The van der Waals surface area contributed by atoms with Crippen molar-refractivity contribution >= 4 is 43.8 Å². The van der Waals surface area contributed by atoms with Crippen LogP contribution in [-0.2, 0) is 24.2 Å². The molecule has 6 heteroatoms. The Morgan fingerprint density at radius 3 is 2.70 bits per heavy atom. The first-order valence-corrected chi connectivity index (χ1v) is 11.9. The zero-order valence-corrected chi connectivity index (χ0v) is 18.5. The predicted molar refractivity (Wildman–Crippen MR) is 126 cm³/mol. The molecule has 0 atom stereocenters. The number of carbonyl (C=O) groups is 1. The van der Waals surface area contributed by atoms with Crippen molar-refractivity contribution in [2.75, 3.05) is 18.4 Å². The molecule has 0 saturated heterocycles. The molecule has 3 heterocycles. The number of rotatable bonds is 5. The van der Waals surface area contributed by atoms with Crippen molar-refractivity contribution in [3.63, 3.8) is 0 Å². The van der Waals surface area contributed by atoms with E-state index in [9.17, 15) is 4.79 Å². The molecule has 4 aromatic rings. The summed E-state index contributed by atoms with van der Waals surface area (Å²) in [6.45, 7) is 5.25. The number of nitrogens with zero attached hydrogens (tertiary/aromatic N) is 2. The zero-order chi connectivity index (χ0) is 20.5. The molecule has 0 spiro atoms. The van der Waals surface area contributed by atoms with Crippen LogP contribution < -0.4 is 5.32 Å². The van der Waals surface area contributed by atoms with E-state index in [-0.39, 0.29) is 5.91 Å². The van der Waals surface area contributed by atoms with E-state index in [0.29, 0.717) is 6.42 Å². The van der Waals surface area contributed by atoms with Crippen molar-refractivity contribution in [3.05, 3.63) is 70.6 Å². The standard InChI is InChI=1S/C24H23N3OS2/c1-2-27-13-12-17-20(15-27)30-24(26-21(28)14-16-8-4-3-5-9-16)22(17)23-25-18-10-6-7-11-19(18)29-23/h3-11H,2,12-15H2,1H3,(H,26,28). The molecule has 0 saturated carbocycles. The van der Waals surface area contributed by atoms with Gasteiger partial charge < -0.3 is 5.32 Å². The number of thiazole rings is 1. The van der Waals surface area contributed by atoms with Crippen molar-refractivity contribution in [1.29, 1.82) is 0 Å². The lowest BCUT2D eigenvalue weighted by Gasteiger charge is -2.25. The summed E-state index contributed by atoms with van der Waals surface area (Å²) in [5.74, 6) is 0.0227. The number of carbonyl (C=O) groups excluding carboxylic acids is 1. The number of fused-ring (bicyclic) bond motifs is 2. The Morgan fingerprint density at radius 1 is 1.10 bits per heavy atom. The summed E-state index contributed by atoms with van der Waals surface area (Å²) in [5.41, 5.74) is 4.53. The largest absolute Gasteiger partial charge is 0.317 e. The van der Waals surface area contributed by atoms with E-state index in [1.54, 1.807) is 22.7 Å². The number of thiophene rings is 1. The molecule has 1 amide bonds. The fraction of sp³-hybridized carbons (Fsp3) is 0.250. The molecule has 2 aromatic heterocycles. The van der Waals surface area contributed by atoms with Gasteiger partial charge in [0.05, 0.1) is 16.6 Å². The summed E-state index contributed by atoms with van der Waals surface area (Å²) in [4.78, 5) is 21.6. The highest BCUT2D eigenvalue weighted by atomic mass is 32.1. The van der Waals surface area contributed by atoms with Crippen LogP contribution in [0.4, 0.5) is 5.00 Å². The lowest BCUT2D eigenvalue weighted by Crippen LogP contribution is -2.29. The van der Waals surface area contributed by atoms with Gasteiger partial charge in [0.25, 0.3) is 0 Å². The molecule has 0 aliphatic carbocycles. The van der Waals surface area contributed by atoms with Crippen molar-refractivity contribution in [2.24, 2.45) is 0 Å². The molecule has 4 nitrogen and oxygen atoms in total. The Kier molecular flexibility index (Phi) is 5.37. The SMILES string of the molecule is CCN1CCc2c(sc(NC(=O)Cc3ccccc3)c2-c2nc3ccccc3s2)C1. The van der Waals surface area contributed by atoms with Crippen LogP contribution in [0.3, 0.4) is 0 Å². The number of hydrogen-bond acceptors (Lipinski definition) is 5. The van der Waals surface area contributed by atoms with Gasteiger partial charge in [-0.3, -0.25) is 9.69 Å². The maximum Gasteiger partial charge on any atom is 0.229 e. The molecule has 0 bridgehead atoms. The molecule has 1 aliphatic heterocycles. The molecule has 0 unspecified atom stereocenters. The summed E-state index contributed by atoms with van der Waals surface area (Å²) in [5, 5.41) is 5.17. The van der Waals surface area contributed by atoms with E-state index < -0.39 is 0 Å². The van der Waals surface area contributed by atoms with E-state index in [4.69, 9.17) is 4.98 Å². The molecule has 152 valence electrons. The van der Waals surface area contributed by atoms with Crippen LogP contribution in [0.15, 0.2) is 54.6 Å². The van der Waals surface area contributed by atoms with Crippen molar-refractivity contribution in [2.45, 2.75) is 26.3 Å². The molecule has 0 fully saturated rings. The molecule has 5 rings (SSSR count). The minimum absolute atomic E-state index is 0.0227. The fourth-order valence-electron chi connectivity index (χ4n) is 3.97. The first-order chi connectivity index (χ1) is 14.7. The number of hydrogen-bond donors (Lipinski definition) is 1. The van der Waals surface area contributed by atoms with Gasteiger partial charge in [0, 0.05) is 23.5 Å². The Morgan fingerprint density at radius 2 is 1.90 bits per heavy atom. The quantitative estimate of drug-likeness (QED) is 0.447. The number of benzene rings is 2. The second-order valence-electron chi connectivity index (χ2n) is 7.52. The number of amides is 1. The van der Waals surface area contributed by atoms with E-state index in [0.717, 1.165) is 52.7 Å². The van der Waals surface area contributed by atoms with Crippen LogP contribution in [0.1, 0.15) is 22.9 Å². The highest BCUT2D eigenvalue weighted by molar-refractivity contribution is 7.22. The third-order valence-corrected chi connectivity index (χ3v) is 7.74. The number of anilines is 1. The molecule has 0 radical (unpaired) electrons. The van der Waals surface area contributed by atoms with Crippen molar-refractivity contribution in [3.8, 4) is 10.6 Å². The molecule has 1 aliphatic rings.